The van der Waals surface area contributed by atoms with Gasteiger partial charge in [0.2, 0.25) is 0 Å². The van der Waals surface area contributed by atoms with Gasteiger partial charge in [-0.1, -0.05) is 12.1 Å². The quantitative estimate of drug-likeness (QED) is 0.538. The van der Waals surface area contributed by atoms with Gasteiger partial charge in [0.15, 0.2) is 18.7 Å². The Labute approximate surface area is 130 Å². The van der Waals surface area contributed by atoms with E-state index in [0.717, 1.165) is 6.67 Å². The summed E-state index contributed by atoms with van der Waals surface area (Å²) in [5.74, 6) is 0.728. The van der Waals surface area contributed by atoms with Gasteiger partial charge in [0.25, 0.3) is 0 Å². The normalized spacial score (nSPS) is 20.4. The van der Waals surface area contributed by atoms with Gasteiger partial charge in [-0.15, -0.1) is 0 Å². The van der Waals surface area contributed by atoms with E-state index in [9.17, 15) is 5.11 Å². The number of methoxy groups -OCH3 is 1. The van der Waals surface area contributed by atoms with Gasteiger partial charge >= 0.3 is 0 Å². The number of phenols is 1. The fourth-order valence-corrected chi connectivity index (χ4v) is 2.84. The van der Waals surface area contributed by atoms with E-state index >= 15 is 0 Å². The van der Waals surface area contributed by atoms with Crippen molar-refractivity contribution in [1.82, 2.24) is 4.48 Å². The largest absolute Gasteiger partial charge is 0.506 e. The maximum atomic E-state index is 10.0. The molecule has 0 amide bonds. The molecule has 0 aliphatic carbocycles. The lowest BCUT2D eigenvalue weighted by Gasteiger charge is -2.23. The molecule has 1 aliphatic heterocycles. The average Bonchev–Trinajstić information content (AvgIpc) is 2.78. The summed E-state index contributed by atoms with van der Waals surface area (Å²) >= 11 is 0. The van der Waals surface area contributed by atoms with Crippen LogP contribution >= 0.6 is 0 Å². The fraction of sp³-hybridized carbons (Fsp3) is 0.235. The van der Waals surface area contributed by atoms with Gasteiger partial charge in [-0.3, -0.25) is 0 Å². The summed E-state index contributed by atoms with van der Waals surface area (Å²) in [5, 5.41) is 10.0. The number of nitrogens with zero attached hydrogens (tertiary/aromatic N) is 3. The van der Waals surface area contributed by atoms with Crippen LogP contribution in [0.15, 0.2) is 47.5 Å². The molecule has 5 nitrogen and oxygen atoms in total. The number of hydrogen-bond donors (Lipinski definition) is 1. The molecule has 3 rings (SSSR count). The molecule has 114 valence electrons. The third kappa shape index (κ3) is 2.40. The second kappa shape index (κ2) is 5.35. The maximum absolute atomic E-state index is 10.0. The minimum absolute atomic E-state index is 0.114. The SMILES string of the molecule is COc1ccc(N=C[N+]2(C)CN(C)c3ccccc32)c(O)c1. The standard InChI is InChI=1S/C17H19N3O2/c1-19-12-20(2,16-7-5-4-6-15(16)19)11-18-14-9-8-13(22-3)10-17(14)21/h4-11H,12H2,1-3H3/p+1. The van der Waals surface area contributed by atoms with Crippen molar-refractivity contribution >= 4 is 23.4 Å². The predicted molar refractivity (Wildman–Crippen MR) is 90.2 cm³/mol. The van der Waals surface area contributed by atoms with Crippen molar-refractivity contribution in [1.29, 1.82) is 0 Å². The van der Waals surface area contributed by atoms with E-state index in [1.807, 2.05) is 18.5 Å². The second-order valence-corrected chi connectivity index (χ2v) is 5.70. The van der Waals surface area contributed by atoms with E-state index in [4.69, 9.17) is 4.74 Å². The van der Waals surface area contributed by atoms with Crippen molar-refractivity contribution in [2.45, 2.75) is 0 Å². The van der Waals surface area contributed by atoms with E-state index in [-0.39, 0.29) is 5.75 Å². The molecule has 1 unspecified atom stereocenters. The molecule has 0 radical (unpaired) electrons. The zero-order valence-corrected chi connectivity index (χ0v) is 13.0. The highest BCUT2D eigenvalue weighted by atomic mass is 16.5. The minimum Gasteiger partial charge on any atom is -0.506 e. The van der Waals surface area contributed by atoms with Crippen LogP contribution in [0.2, 0.25) is 0 Å². The van der Waals surface area contributed by atoms with Crippen LogP contribution in [0.25, 0.3) is 0 Å². The molecule has 0 fully saturated rings. The highest BCUT2D eigenvalue weighted by molar-refractivity contribution is 5.86. The van der Waals surface area contributed by atoms with Crippen molar-refractivity contribution < 1.29 is 9.84 Å². The zero-order valence-electron chi connectivity index (χ0n) is 13.0. The first-order valence-electron chi connectivity index (χ1n) is 7.12. The molecule has 2 aromatic rings. The Bertz CT molecular complexity index is 730. The number of ether oxygens (including phenoxy) is 1. The van der Waals surface area contributed by atoms with Gasteiger partial charge in [-0.25, -0.2) is 4.48 Å². The maximum Gasteiger partial charge on any atom is 0.197 e. The average molecular weight is 298 g/mol. The molecule has 2 aromatic carbocycles. The van der Waals surface area contributed by atoms with Crippen LogP contribution in [-0.4, -0.2) is 39.3 Å². The zero-order chi connectivity index (χ0) is 15.7. The second-order valence-electron chi connectivity index (χ2n) is 5.70. The van der Waals surface area contributed by atoms with Crippen molar-refractivity contribution in [3.8, 4) is 11.5 Å². The smallest absolute Gasteiger partial charge is 0.197 e. The molecule has 22 heavy (non-hydrogen) atoms. The summed E-state index contributed by atoms with van der Waals surface area (Å²) in [6.45, 7) is 0.805. The molecule has 1 N–H and O–H groups in total. The first-order chi connectivity index (χ1) is 10.5. The number of anilines is 1. The van der Waals surface area contributed by atoms with Crippen LogP contribution in [0.4, 0.5) is 17.1 Å². The van der Waals surface area contributed by atoms with Crippen LogP contribution in [0.1, 0.15) is 0 Å². The van der Waals surface area contributed by atoms with Gasteiger partial charge in [0.05, 0.1) is 14.2 Å². The van der Waals surface area contributed by atoms with E-state index in [1.54, 1.807) is 25.3 Å². The topological polar surface area (TPSA) is 45.1 Å². The van der Waals surface area contributed by atoms with Crippen LogP contribution in [0, 0.1) is 0 Å². The van der Waals surface area contributed by atoms with Crippen molar-refractivity contribution in [3.63, 3.8) is 0 Å². The number of aromatic hydroxyl groups is 1. The Hall–Kier alpha value is -2.53. The molecule has 1 atom stereocenters. The number of benzene rings is 2. The fourth-order valence-electron chi connectivity index (χ4n) is 2.84. The Morgan fingerprint density at radius 1 is 1.27 bits per heavy atom. The van der Waals surface area contributed by atoms with Crippen molar-refractivity contribution in [3.05, 3.63) is 42.5 Å². The number of para-hydroxylation sites is 2. The molecule has 0 saturated carbocycles. The lowest BCUT2D eigenvalue weighted by molar-refractivity contribution is 0.408. The predicted octanol–water partition coefficient (Wildman–Crippen LogP) is 3.11. The Balaban J connectivity index is 1.93. The van der Waals surface area contributed by atoms with Crippen LogP contribution in [0.3, 0.4) is 0 Å². The number of phenolic OH excluding ortho intramolecular Hbond substituents is 1. The number of fused-ring (bicyclic) bond motifs is 1. The summed E-state index contributed by atoms with van der Waals surface area (Å²) in [6, 6.07) is 13.4. The first kappa shape index (κ1) is 14.4. The number of aliphatic imine (C=N–C) groups is 1. The van der Waals surface area contributed by atoms with E-state index in [1.165, 1.54) is 11.4 Å². The summed E-state index contributed by atoms with van der Waals surface area (Å²) in [7, 11) is 5.74. The minimum atomic E-state index is 0.114. The van der Waals surface area contributed by atoms with Crippen molar-refractivity contribution in [2.75, 3.05) is 32.8 Å². The number of hydrogen-bond acceptors (Lipinski definition) is 4. The van der Waals surface area contributed by atoms with Crippen LogP contribution in [-0.2, 0) is 0 Å². The molecule has 0 bridgehead atoms. The summed E-state index contributed by atoms with van der Waals surface area (Å²) in [4.78, 5) is 6.69. The Morgan fingerprint density at radius 2 is 2.05 bits per heavy atom. The summed E-state index contributed by atoms with van der Waals surface area (Å²) in [5.41, 5.74) is 2.93. The summed E-state index contributed by atoms with van der Waals surface area (Å²) < 4.78 is 5.65. The third-order valence-electron chi connectivity index (χ3n) is 3.98. The molecule has 0 aromatic heterocycles. The van der Waals surface area contributed by atoms with E-state index in [2.05, 4.69) is 36.1 Å². The highest BCUT2D eigenvalue weighted by Crippen LogP contribution is 2.38. The molecule has 0 saturated heterocycles. The van der Waals surface area contributed by atoms with Crippen molar-refractivity contribution in [2.24, 2.45) is 4.99 Å². The van der Waals surface area contributed by atoms with Gasteiger partial charge in [0, 0.05) is 19.2 Å². The van der Waals surface area contributed by atoms with Gasteiger partial charge in [0.1, 0.15) is 22.9 Å². The molecule has 1 heterocycles. The monoisotopic (exact) mass is 298 g/mol. The first-order valence-corrected chi connectivity index (χ1v) is 7.12. The molecule has 0 spiro atoms. The molecule has 1 aliphatic rings. The van der Waals surface area contributed by atoms with Crippen LogP contribution in [0.5, 0.6) is 11.5 Å². The lowest BCUT2D eigenvalue weighted by atomic mass is 10.2. The number of rotatable bonds is 3. The molecular formula is C17H20N3O2+. The number of quaternary nitrogens is 1. The lowest BCUT2D eigenvalue weighted by Crippen LogP contribution is -2.45. The van der Waals surface area contributed by atoms with Crippen LogP contribution < -0.4 is 14.1 Å². The molecule has 5 heteroatoms. The van der Waals surface area contributed by atoms with E-state index in [0.29, 0.717) is 15.9 Å². The van der Waals surface area contributed by atoms with Gasteiger partial charge in [-0.2, -0.15) is 4.99 Å². The summed E-state index contributed by atoms with van der Waals surface area (Å²) in [6.07, 6.45) is 1.86. The highest BCUT2D eigenvalue weighted by Gasteiger charge is 2.36. The Kier molecular flexibility index (Phi) is 3.50. The van der Waals surface area contributed by atoms with Gasteiger partial charge in [-0.05, 0) is 18.2 Å². The van der Waals surface area contributed by atoms with Gasteiger partial charge < -0.3 is 14.7 Å². The molecular weight excluding hydrogens is 278 g/mol. The Morgan fingerprint density at radius 3 is 2.77 bits per heavy atom. The third-order valence-corrected chi connectivity index (χ3v) is 3.98. The van der Waals surface area contributed by atoms with E-state index < -0.39 is 0 Å².